The normalized spacial score (nSPS) is 29.8. The third kappa shape index (κ3) is 3.27. The van der Waals surface area contributed by atoms with Crippen molar-refractivity contribution in [3.63, 3.8) is 0 Å². The number of rotatable bonds is 6. The van der Waals surface area contributed by atoms with Gasteiger partial charge in [-0.25, -0.2) is 0 Å². The van der Waals surface area contributed by atoms with Crippen LogP contribution in [0, 0.1) is 11.3 Å². The molecule has 106 valence electrons. The van der Waals surface area contributed by atoms with Gasteiger partial charge in [-0.05, 0) is 56.5 Å². The fraction of sp³-hybridized carbons (Fsp3) is 1.00. The van der Waals surface area contributed by atoms with Gasteiger partial charge in [-0.15, -0.1) is 0 Å². The summed E-state index contributed by atoms with van der Waals surface area (Å²) in [7, 11) is 0. The van der Waals surface area contributed by atoms with Crippen molar-refractivity contribution >= 4 is 0 Å². The maximum Gasteiger partial charge on any atom is 0.0124 e. The lowest BCUT2D eigenvalue weighted by atomic mass is 9.84. The first kappa shape index (κ1) is 14.3. The van der Waals surface area contributed by atoms with E-state index < -0.39 is 0 Å². The fourth-order valence-corrected chi connectivity index (χ4v) is 4.26. The fourth-order valence-electron chi connectivity index (χ4n) is 4.26. The minimum absolute atomic E-state index is 0.343. The number of nitrogens with zero attached hydrogens (tertiary/aromatic N) is 1. The largest absolute Gasteiger partial charge is 0.330 e. The minimum atomic E-state index is 0.343. The maximum atomic E-state index is 6.04. The molecule has 2 heteroatoms. The minimum Gasteiger partial charge on any atom is -0.330 e. The van der Waals surface area contributed by atoms with E-state index in [1.165, 1.54) is 64.5 Å². The van der Waals surface area contributed by atoms with Gasteiger partial charge in [-0.2, -0.15) is 0 Å². The third-order valence-electron chi connectivity index (χ3n) is 5.29. The van der Waals surface area contributed by atoms with E-state index in [4.69, 9.17) is 5.73 Å². The van der Waals surface area contributed by atoms with Crippen LogP contribution < -0.4 is 5.73 Å². The van der Waals surface area contributed by atoms with Crippen molar-refractivity contribution in [2.45, 2.75) is 71.3 Å². The first-order valence-corrected chi connectivity index (χ1v) is 8.12. The molecule has 2 unspecified atom stereocenters. The van der Waals surface area contributed by atoms with Crippen LogP contribution in [0.2, 0.25) is 0 Å². The molecule has 0 amide bonds. The van der Waals surface area contributed by atoms with Gasteiger partial charge in [0.1, 0.15) is 0 Å². The molecule has 1 saturated heterocycles. The van der Waals surface area contributed by atoms with E-state index in [2.05, 4.69) is 18.7 Å². The molecule has 2 atom stereocenters. The average Bonchev–Trinajstić information content (AvgIpc) is 2.99. The Morgan fingerprint density at radius 1 is 1.17 bits per heavy atom. The predicted molar refractivity (Wildman–Crippen MR) is 78.6 cm³/mol. The second-order valence-electron chi connectivity index (χ2n) is 6.99. The molecule has 0 spiro atoms. The summed E-state index contributed by atoms with van der Waals surface area (Å²) in [5.41, 5.74) is 6.39. The molecule has 1 aliphatic heterocycles. The van der Waals surface area contributed by atoms with E-state index in [0.29, 0.717) is 5.41 Å². The molecule has 2 aliphatic rings. The number of nitrogens with two attached hydrogens (primary N) is 1. The molecular weight excluding hydrogens is 220 g/mol. The van der Waals surface area contributed by atoms with Crippen molar-refractivity contribution in [2.24, 2.45) is 17.1 Å². The molecular formula is C16H32N2. The zero-order valence-electron chi connectivity index (χ0n) is 12.5. The predicted octanol–water partition coefficient (Wildman–Crippen LogP) is 3.41. The quantitative estimate of drug-likeness (QED) is 0.785. The lowest BCUT2D eigenvalue weighted by Crippen LogP contribution is -2.44. The van der Waals surface area contributed by atoms with Crippen molar-refractivity contribution in [1.82, 2.24) is 4.90 Å². The van der Waals surface area contributed by atoms with E-state index >= 15 is 0 Å². The Balaban J connectivity index is 1.93. The van der Waals surface area contributed by atoms with Crippen LogP contribution in [0.25, 0.3) is 0 Å². The second kappa shape index (κ2) is 6.38. The van der Waals surface area contributed by atoms with Crippen LogP contribution in [-0.2, 0) is 0 Å². The average molecular weight is 252 g/mol. The Bertz CT molecular complexity index is 247. The molecule has 18 heavy (non-hydrogen) atoms. The van der Waals surface area contributed by atoms with Gasteiger partial charge in [-0.3, -0.25) is 4.90 Å². The van der Waals surface area contributed by atoms with Crippen LogP contribution in [-0.4, -0.2) is 30.6 Å². The highest BCUT2D eigenvalue weighted by molar-refractivity contribution is 4.91. The summed E-state index contributed by atoms with van der Waals surface area (Å²) in [6.07, 6.45) is 11.3. The molecule has 1 saturated carbocycles. The van der Waals surface area contributed by atoms with Gasteiger partial charge >= 0.3 is 0 Å². The highest BCUT2D eigenvalue weighted by Crippen LogP contribution is 2.37. The first-order valence-electron chi connectivity index (χ1n) is 8.12. The first-order chi connectivity index (χ1) is 8.68. The van der Waals surface area contributed by atoms with Crippen molar-refractivity contribution in [2.75, 3.05) is 19.6 Å². The van der Waals surface area contributed by atoms with E-state index in [9.17, 15) is 0 Å². The number of hydrogen-bond donors (Lipinski definition) is 1. The van der Waals surface area contributed by atoms with E-state index in [1.54, 1.807) is 0 Å². The SMILES string of the molecule is CCCC(C)(CN)CN1CCCC1C1CCCC1. The van der Waals surface area contributed by atoms with Crippen LogP contribution in [0.1, 0.15) is 65.2 Å². The molecule has 0 aromatic carbocycles. The van der Waals surface area contributed by atoms with Gasteiger partial charge in [0.05, 0.1) is 0 Å². The van der Waals surface area contributed by atoms with Crippen LogP contribution in [0.3, 0.4) is 0 Å². The van der Waals surface area contributed by atoms with E-state index in [1.807, 2.05) is 0 Å². The number of likely N-dealkylation sites (tertiary alicyclic amines) is 1. The zero-order chi connectivity index (χ0) is 13.0. The highest BCUT2D eigenvalue weighted by atomic mass is 15.2. The summed E-state index contributed by atoms with van der Waals surface area (Å²) in [6.45, 7) is 8.07. The van der Waals surface area contributed by atoms with Crippen LogP contribution in [0.4, 0.5) is 0 Å². The Kier molecular flexibility index (Phi) is 5.08. The van der Waals surface area contributed by atoms with Gasteiger partial charge < -0.3 is 5.73 Å². The zero-order valence-corrected chi connectivity index (χ0v) is 12.5. The lowest BCUT2D eigenvalue weighted by Gasteiger charge is -2.37. The molecule has 0 aromatic heterocycles. The smallest absolute Gasteiger partial charge is 0.0124 e. The van der Waals surface area contributed by atoms with Crippen LogP contribution >= 0.6 is 0 Å². The summed E-state index contributed by atoms with van der Waals surface area (Å²) in [5, 5.41) is 0. The van der Waals surface area contributed by atoms with Gasteiger partial charge in [0.15, 0.2) is 0 Å². The van der Waals surface area contributed by atoms with Gasteiger partial charge in [-0.1, -0.05) is 33.1 Å². The lowest BCUT2D eigenvalue weighted by molar-refractivity contribution is 0.118. The van der Waals surface area contributed by atoms with Crippen molar-refractivity contribution in [1.29, 1.82) is 0 Å². The second-order valence-corrected chi connectivity index (χ2v) is 6.99. The van der Waals surface area contributed by atoms with E-state index in [-0.39, 0.29) is 0 Å². The third-order valence-corrected chi connectivity index (χ3v) is 5.29. The molecule has 0 radical (unpaired) electrons. The molecule has 2 nitrogen and oxygen atoms in total. The number of hydrogen-bond acceptors (Lipinski definition) is 2. The van der Waals surface area contributed by atoms with Crippen molar-refractivity contribution in [3.05, 3.63) is 0 Å². The molecule has 2 fully saturated rings. The Hall–Kier alpha value is -0.0800. The molecule has 1 aliphatic carbocycles. The molecule has 2 rings (SSSR count). The van der Waals surface area contributed by atoms with Gasteiger partial charge in [0.25, 0.3) is 0 Å². The Morgan fingerprint density at radius 3 is 2.50 bits per heavy atom. The van der Waals surface area contributed by atoms with Crippen LogP contribution in [0.15, 0.2) is 0 Å². The van der Waals surface area contributed by atoms with Crippen molar-refractivity contribution in [3.8, 4) is 0 Å². The van der Waals surface area contributed by atoms with Crippen LogP contribution in [0.5, 0.6) is 0 Å². The monoisotopic (exact) mass is 252 g/mol. The topological polar surface area (TPSA) is 29.3 Å². The molecule has 0 aromatic rings. The van der Waals surface area contributed by atoms with E-state index in [0.717, 1.165) is 18.5 Å². The highest BCUT2D eigenvalue weighted by Gasteiger charge is 2.36. The summed E-state index contributed by atoms with van der Waals surface area (Å²) in [5.74, 6) is 0.996. The summed E-state index contributed by atoms with van der Waals surface area (Å²) < 4.78 is 0. The van der Waals surface area contributed by atoms with Gasteiger partial charge in [0, 0.05) is 12.6 Å². The summed E-state index contributed by atoms with van der Waals surface area (Å²) >= 11 is 0. The molecule has 0 bridgehead atoms. The molecule has 2 N–H and O–H groups in total. The molecule has 1 heterocycles. The Morgan fingerprint density at radius 2 is 1.89 bits per heavy atom. The van der Waals surface area contributed by atoms with Crippen molar-refractivity contribution < 1.29 is 0 Å². The Labute approximate surface area is 113 Å². The summed E-state index contributed by atoms with van der Waals surface area (Å²) in [4.78, 5) is 2.79. The van der Waals surface area contributed by atoms with Gasteiger partial charge in [0.2, 0.25) is 0 Å². The standard InChI is InChI=1S/C16H32N2/c1-3-10-16(2,12-17)13-18-11-6-9-15(18)14-7-4-5-8-14/h14-15H,3-13,17H2,1-2H3. The summed E-state index contributed by atoms with van der Waals surface area (Å²) in [6, 6.07) is 0.884. The maximum absolute atomic E-state index is 6.04.